The van der Waals surface area contributed by atoms with E-state index in [9.17, 15) is 5.26 Å². The predicted octanol–water partition coefficient (Wildman–Crippen LogP) is 4.02. The lowest BCUT2D eigenvalue weighted by Gasteiger charge is -2.27. The highest BCUT2D eigenvalue weighted by atomic mass is 15.0. The van der Waals surface area contributed by atoms with Gasteiger partial charge in [-0.2, -0.15) is 5.26 Å². The normalized spacial score (nSPS) is 16.4. The summed E-state index contributed by atoms with van der Waals surface area (Å²) in [6.45, 7) is 8.55. The number of nitriles is 1. The monoisotopic (exact) mass is 224 g/mol. The van der Waals surface area contributed by atoms with Crippen LogP contribution in [-0.4, -0.2) is 11.6 Å². The zero-order valence-electron chi connectivity index (χ0n) is 11.5. The number of nitrogens with one attached hydrogen (secondary N) is 1. The lowest BCUT2D eigenvalue weighted by molar-refractivity contribution is 0.351. The van der Waals surface area contributed by atoms with Crippen LogP contribution < -0.4 is 5.32 Å². The number of unbranched alkanes of at least 4 members (excludes halogenated alkanes) is 4. The molecule has 0 radical (unpaired) electrons. The lowest BCUT2D eigenvalue weighted by Crippen LogP contribution is -2.45. The van der Waals surface area contributed by atoms with E-state index in [1.807, 2.05) is 6.92 Å². The number of hydrogen-bond acceptors (Lipinski definition) is 2. The van der Waals surface area contributed by atoms with Crippen molar-refractivity contribution in [1.29, 1.82) is 5.26 Å². The molecule has 0 fully saturated rings. The first-order chi connectivity index (χ1) is 7.58. The van der Waals surface area contributed by atoms with Gasteiger partial charge in [0, 0.05) is 6.04 Å². The molecule has 0 aromatic heterocycles. The molecule has 0 aromatic rings. The zero-order valence-corrected chi connectivity index (χ0v) is 11.5. The van der Waals surface area contributed by atoms with Gasteiger partial charge in [0.2, 0.25) is 0 Å². The van der Waals surface area contributed by atoms with Gasteiger partial charge in [0.1, 0.15) is 5.54 Å². The van der Waals surface area contributed by atoms with Gasteiger partial charge >= 0.3 is 0 Å². The van der Waals surface area contributed by atoms with E-state index in [0.29, 0.717) is 6.04 Å². The molecule has 0 saturated carbocycles. The molecule has 0 aliphatic rings. The summed E-state index contributed by atoms with van der Waals surface area (Å²) in [6.07, 6.45) is 8.37. The molecule has 0 spiro atoms. The molecule has 0 bridgehead atoms. The third-order valence-corrected chi connectivity index (χ3v) is 3.20. The van der Waals surface area contributed by atoms with Crippen molar-refractivity contribution in [3.8, 4) is 6.07 Å². The van der Waals surface area contributed by atoms with Crippen LogP contribution >= 0.6 is 0 Å². The highest BCUT2D eigenvalue weighted by Gasteiger charge is 2.24. The third-order valence-electron chi connectivity index (χ3n) is 3.20. The summed E-state index contributed by atoms with van der Waals surface area (Å²) < 4.78 is 0. The van der Waals surface area contributed by atoms with Crippen LogP contribution in [-0.2, 0) is 0 Å². The Bertz CT molecular complexity index is 207. The Morgan fingerprint density at radius 1 is 1.19 bits per heavy atom. The summed E-state index contributed by atoms with van der Waals surface area (Å²) in [7, 11) is 0. The topological polar surface area (TPSA) is 35.8 Å². The summed E-state index contributed by atoms with van der Waals surface area (Å²) in [5, 5.41) is 12.6. The maximum atomic E-state index is 9.22. The Kier molecular flexibility index (Phi) is 8.29. The fourth-order valence-electron chi connectivity index (χ4n) is 1.89. The Hall–Kier alpha value is -0.550. The molecule has 94 valence electrons. The van der Waals surface area contributed by atoms with E-state index >= 15 is 0 Å². The molecule has 0 heterocycles. The highest BCUT2D eigenvalue weighted by molar-refractivity contribution is 5.04. The first kappa shape index (κ1) is 15.4. The molecule has 2 heteroatoms. The molecule has 0 aliphatic carbocycles. The minimum Gasteiger partial charge on any atom is -0.297 e. The van der Waals surface area contributed by atoms with Crippen molar-refractivity contribution in [3.05, 3.63) is 0 Å². The van der Waals surface area contributed by atoms with Gasteiger partial charge in [-0.25, -0.2) is 0 Å². The molecule has 0 amide bonds. The number of nitrogens with zero attached hydrogens (tertiary/aromatic N) is 1. The summed E-state index contributed by atoms with van der Waals surface area (Å²) in [5.41, 5.74) is -0.332. The van der Waals surface area contributed by atoms with Crippen molar-refractivity contribution in [2.24, 2.45) is 0 Å². The van der Waals surface area contributed by atoms with E-state index in [1.165, 1.54) is 25.7 Å². The van der Waals surface area contributed by atoms with Crippen molar-refractivity contribution in [2.45, 2.75) is 84.2 Å². The van der Waals surface area contributed by atoms with Crippen LogP contribution in [0.3, 0.4) is 0 Å². The van der Waals surface area contributed by atoms with Crippen molar-refractivity contribution in [2.75, 3.05) is 0 Å². The third kappa shape index (κ3) is 6.85. The highest BCUT2D eigenvalue weighted by Crippen LogP contribution is 2.16. The van der Waals surface area contributed by atoms with Crippen LogP contribution in [0.5, 0.6) is 0 Å². The fraction of sp³-hybridized carbons (Fsp3) is 0.929. The molecule has 2 atom stereocenters. The molecular formula is C14H28N2. The standard InChI is InChI=1S/C14H28N2/c1-5-7-8-9-10-11-14(4,12-15)16-13(3)6-2/h13,16H,5-11H2,1-4H3. The molecule has 0 aliphatic heterocycles. The van der Waals surface area contributed by atoms with Crippen LogP contribution in [0.25, 0.3) is 0 Å². The summed E-state index contributed by atoms with van der Waals surface area (Å²) in [4.78, 5) is 0. The quantitative estimate of drug-likeness (QED) is 0.600. The number of hydrogen-bond donors (Lipinski definition) is 1. The van der Waals surface area contributed by atoms with Crippen molar-refractivity contribution in [3.63, 3.8) is 0 Å². The van der Waals surface area contributed by atoms with Crippen LogP contribution in [0, 0.1) is 11.3 Å². The first-order valence-corrected chi connectivity index (χ1v) is 6.77. The molecule has 0 saturated heterocycles. The van der Waals surface area contributed by atoms with Gasteiger partial charge in [0.25, 0.3) is 0 Å². The molecule has 0 aromatic carbocycles. The Morgan fingerprint density at radius 3 is 2.31 bits per heavy atom. The fourth-order valence-corrected chi connectivity index (χ4v) is 1.89. The van der Waals surface area contributed by atoms with Crippen LogP contribution in [0.2, 0.25) is 0 Å². The second kappa shape index (κ2) is 8.58. The van der Waals surface area contributed by atoms with E-state index in [-0.39, 0.29) is 5.54 Å². The van der Waals surface area contributed by atoms with Crippen LogP contribution in [0.1, 0.15) is 72.6 Å². The van der Waals surface area contributed by atoms with Gasteiger partial charge in [-0.3, -0.25) is 5.32 Å². The minimum absolute atomic E-state index is 0.332. The Balaban J connectivity index is 3.84. The molecule has 2 unspecified atom stereocenters. The SMILES string of the molecule is CCCCCCCC(C)(C#N)NC(C)CC. The first-order valence-electron chi connectivity index (χ1n) is 6.77. The molecule has 1 N–H and O–H groups in total. The smallest absolute Gasteiger partial charge is 0.104 e. The second-order valence-electron chi connectivity index (χ2n) is 5.06. The van der Waals surface area contributed by atoms with E-state index in [2.05, 4.69) is 32.2 Å². The average molecular weight is 224 g/mol. The maximum absolute atomic E-state index is 9.22. The number of rotatable bonds is 9. The molecular weight excluding hydrogens is 196 g/mol. The Morgan fingerprint density at radius 2 is 1.81 bits per heavy atom. The summed E-state index contributed by atoms with van der Waals surface area (Å²) >= 11 is 0. The Labute approximate surface area is 101 Å². The summed E-state index contributed by atoms with van der Waals surface area (Å²) in [6, 6.07) is 2.85. The van der Waals surface area contributed by atoms with E-state index < -0.39 is 0 Å². The van der Waals surface area contributed by atoms with E-state index in [0.717, 1.165) is 19.3 Å². The van der Waals surface area contributed by atoms with Crippen LogP contribution in [0.15, 0.2) is 0 Å². The summed E-state index contributed by atoms with van der Waals surface area (Å²) in [5.74, 6) is 0. The zero-order chi connectivity index (χ0) is 12.4. The molecule has 2 nitrogen and oxygen atoms in total. The minimum atomic E-state index is -0.332. The van der Waals surface area contributed by atoms with Gasteiger partial charge < -0.3 is 0 Å². The van der Waals surface area contributed by atoms with Crippen molar-refractivity contribution >= 4 is 0 Å². The van der Waals surface area contributed by atoms with Gasteiger partial charge in [-0.05, 0) is 26.7 Å². The van der Waals surface area contributed by atoms with Gasteiger partial charge in [-0.1, -0.05) is 46.0 Å². The van der Waals surface area contributed by atoms with Crippen molar-refractivity contribution < 1.29 is 0 Å². The molecule has 16 heavy (non-hydrogen) atoms. The average Bonchev–Trinajstić information content (AvgIpc) is 2.28. The van der Waals surface area contributed by atoms with E-state index in [4.69, 9.17) is 0 Å². The van der Waals surface area contributed by atoms with E-state index in [1.54, 1.807) is 0 Å². The molecule has 0 rings (SSSR count). The van der Waals surface area contributed by atoms with Crippen molar-refractivity contribution in [1.82, 2.24) is 5.32 Å². The van der Waals surface area contributed by atoms with Gasteiger partial charge in [-0.15, -0.1) is 0 Å². The van der Waals surface area contributed by atoms with Gasteiger partial charge in [0.05, 0.1) is 6.07 Å². The lowest BCUT2D eigenvalue weighted by atomic mass is 9.94. The second-order valence-corrected chi connectivity index (χ2v) is 5.06. The predicted molar refractivity (Wildman–Crippen MR) is 70.3 cm³/mol. The maximum Gasteiger partial charge on any atom is 0.104 e. The largest absolute Gasteiger partial charge is 0.297 e. The van der Waals surface area contributed by atoms with Crippen LogP contribution in [0.4, 0.5) is 0 Å². The van der Waals surface area contributed by atoms with Gasteiger partial charge in [0.15, 0.2) is 0 Å².